The van der Waals surface area contributed by atoms with E-state index in [0.29, 0.717) is 17.3 Å². The van der Waals surface area contributed by atoms with Gasteiger partial charge >= 0.3 is 0 Å². The molecular formula is C17H14ClFN4S. The van der Waals surface area contributed by atoms with Gasteiger partial charge in [0.1, 0.15) is 5.82 Å². The number of rotatable bonds is 6. The van der Waals surface area contributed by atoms with Crippen LogP contribution in [0.2, 0.25) is 5.02 Å². The number of thioether (sulfide) groups is 1. The summed E-state index contributed by atoms with van der Waals surface area (Å²) in [6.07, 6.45) is 5.25. The molecule has 0 aliphatic heterocycles. The van der Waals surface area contributed by atoms with Gasteiger partial charge in [0.2, 0.25) is 0 Å². The summed E-state index contributed by atoms with van der Waals surface area (Å²) in [6, 6.07) is 8.18. The van der Waals surface area contributed by atoms with Crippen LogP contribution in [0.4, 0.5) is 4.39 Å². The number of nitrogens with zero attached hydrogens (tertiary/aromatic N) is 4. The van der Waals surface area contributed by atoms with Crippen molar-refractivity contribution in [2.75, 3.05) is 0 Å². The molecule has 24 heavy (non-hydrogen) atoms. The van der Waals surface area contributed by atoms with Crippen LogP contribution in [0.15, 0.2) is 60.5 Å². The van der Waals surface area contributed by atoms with Crippen molar-refractivity contribution in [3.8, 4) is 11.4 Å². The highest BCUT2D eigenvalue weighted by Crippen LogP contribution is 2.28. The van der Waals surface area contributed by atoms with Crippen molar-refractivity contribution in [3.05, 3.63) is 71.8 Å². The van der Waals surface area contributed by atoms with E-state index in [9.17, 15) is 4.39 Å². The van der Waals surface area contributed by atoms with E-state index < -0.39 is 0 Å². The molecule has 0 unspecified atom stereocenters. The number of hydrogen-bond donors (Lipinski definition) is 0. The Morgan fingerprint density at radius 2 is 2.17 bits per heavy atom. The first-order valence-corrected chi connectivity index (χ1v) is 8.56. The lowest BCUT2D eigenvalue weighted by Crippen LogP contribution is -2.01. The maximum atomic E-state index is 13.1. The van der Waals surface area contributed by atoms with E-state index in [0.717, 1.165) is 22.1 Å². The van der Waals surface area contributed by atoms with E-state index in [4.69, 9.17) is 11.6 Å². The van der Waals surface area contributed by atoms with Crippen molar-refractivity contribution < 1.29 is 4.39 Å². The van der Waals surface area contributed by atoms with Crippen molar-refractivity contribution in [1.29, 1.82) is 0 Å². The van der Waals surface area contributed by atoms with Crippen LogP contribution in [-0.4, -0.2) is 19.7 Å². The molecule has 4 nitrogen and oxygen atoms in total. The largest absolute Gasteiger partial charge is 0.298 e. The Labute approximate surface area is 148 Å². The lowest BCUT2D eigenvalue weighted by Gasteiger charge is -2.08. The molecule has 0 saturated heterocycles. The summed E-state index contributed by atoms with van der Waals surface area (Å²) in [5, 5.41) is 9.67. The fourth-order valence-electron chi connectivity index (χ4n) is 2.18. The third-order valence-electron chi connectivity index (χ3n) is 3.32. The van der Waals surface area contributed by atoms with Gasteiger partial charge in [0.25, 0.3) is 0 Å². The van der Waals surface area contributed by atoms with Gasteiger partial charge in [-0.3, -0.25) is 9.55 Å². The monoisotopic (exact) mass is 360 g/mol. The van der Waals surface area contributed by atoms with Gasteiger partial charge in [-0.25, -0.2) is 4.39 Å². The molecule has 2 heterocycles. The van der Waals surface area contributed by atoms with E-state index in [2.05, 4.69) is 21.8 Å². The lowest BCUT2D eigenvalue weighted by atomic mass is 10.2. The quantitative estimate of drug-likeness (QED) is 0.475. The minimum Gasteiger partial charge on any atom is -0.298 e. The van der Waals surface area contributed by atoms with Crippen LogP contribution in [-0.2, 0) is 12.3 Å². The van der Waals surface area contributed by atoms with Crippen LogP contribution in [0.5, 0.6) is 0 Å². The second-order valence-corrected chi connectivity index (χ2v) is 6.32. The van der Waals surface area contributed by atoms with Gasteiger partial charge in [0.15, 0.2) is 11.0 Å². The molecule has 3 rings (SSSR count). The predicted molar refractivity (Wildman–Crippen MR) is 94.4 cm³/mol. The second-order valence-electron chi connectivity index (χ2n) is 4.97. The van der Waals surface area contributed by atoms with Crippen LogP contribution in [0.3, 0.4) is 0 Å². The average molecular weight is 361 g/mol. The van der Waals surface area contributed by atoms with Crippen molar-refractivity contribution >= 4 is 23.4 Å². The predicted octanol–water partition coefficient (Wildman–Crippen LogP) is 4.61. The summed E-state index contributed by atoms with van der Waals surface area (Å²) >= 11 is 7.57. The summed E-state index contributed by atoms with van der Waals surface area (Å²) in [5.41, 5.74) is 1.73. The number of aromatic nitrogens is 4. The third kappa shape index (κ3) is 3.66. The number of hydrogen-bond acceptors (Lipinski definition) is 4. The number of pyridine rings is 1. The minimum absolute atomic E-state index is 0.345. The summed E-state index contributed by atoms with van der Waals surface area (Å²) in [6.45, 7) is 4.37. The van der Waals surface area contributed by atoms with E-state index in [-0.39, 0.29) is 5.82 Å². The topological polar surface area (TPSA) is 43.6 Å². The Morgan fingerprint density at radius 3 is 2.88 bits per heavy atom. The SMILES string of the molecule is C=CCn1c(SCc2ccc(F)cc2Cl)nnc1-c1cccnc1. The maximum Gasteiger partial charge on any atom is 0.192 e. The highest BCUT2D eigenvalue weighted by molar-refractivity contribution is 7.98. The van der Waals surface area contributed by atoms with Gasteiger partial charge < -0.3 is 0 Å². The van der Waals surface area contributed by atoms with Crippen LogP contribution in [0.25, 0.3) is 11.4 Å². The van der Waals surface area contributed by atoms with Crippen LogP contribution >= 0.6 is 23.4 Å². The molecule has 0 radical (unpaired) electrons. The zero-order valence-corrected chi connectivity index (χ0v) is 14.3. The van der Waals surface area contributed by atoms with Gasteiger partial charge in [-0.15, -0.1) is 16.8 Å². The normalized spacial score (nSPS) is 10.8. The van der Waals surface area contributed by atoms with Crippen LogP contribution in [0.1, 0.15) is 5.56 Å². The zero-order chi connectivity index (χ0) is 16.9. The summed E-state index contributed by atoms with van der Waals surface area (Å²) in [4.78, 5) is 4.12. The number of halogens is 2. The molecule has 3 aromatic rings. The van der Waals surface area contributed by atoms with E-state index in [1.54, 1.807) is 24.5 Å². The van der Waals surface area contributed by atoms with Gasteiger partial charge in [-0.2, -0.15) is 0 Å². The highest BCUT2D eigenvalue weighted by Gasteiger charge is 2.14. The van der Waals surface area contributed by atoms with Gasteiger partial charge in [-0.1, -0.05) is 35.5 Å². The van der Waals surface area contributed by atoms with E-state index >= 15 is 0 Å². The molecule has 0 saturated carbocycles. The van der Waals surface area contributed by atoms with Gasteiger partial charge in [0, 0.05) is 35.3 Å². The van der Waals surface area contributed by atoms with Crippen LogP contribution < -0.4 is 0 Å². The van der Waals surface area contributed by atoms with Gasteiger partial charge in [-0.05, 0) is 29.8 Å². The molecule has 0 atom stereocenters. The molecule has 1 aromatic carbocycles. The average Bonchev–Trinajstić information content (AvgIpc) is 2.98. The standard InChI is InChI=1S/C17H14ClFN4S/c1-2-8-23-16(12-4-3-7-20-10-12)21-22-17(23)24-11-13-5-6-14(19)9-15(13)18/h2-7,9-10H,1,8,11H2. The molecule has 7 heteroatoms. The molecule has 122 valence electrons. The first-order valence-electron chi connectivity index (χ1n) is 7.20. The number of allylic oxidation sites excluding steroid dienone is 1. The molecule has 0 spiro atoms. The number of benzene rings is 1. The molecule has 2 aromatic heterocycles. The molecule has 0 aliphatic carbocycles. The zero-order valence-electron chi connectivity index (χ0n) is 12.7. The first-order chi connectivity index (χ1) is 11.7. The summed E-state index contributed by atoms with van der Waals surface area (Å²) in [7, 11) is 0. The molecule has 0 fully saturated rings. The fraction of sp³-hybridized carbons (Fsp3) is 0.118. The minimum atomic E-state index is -0.345. The Balaban J connectivity index is 1.85. The van der Waals surface area contributed by atoms with Crippen molar-refractivity contribution in [3.63, 3.8) is 0 Å². The molecule has 0 amide bonds. The first kappa shape index (κ1) is 16.7. The fourth-order valence-corrected chi connectivity index (χ4v) is 3.44. The van der Waals surface area contributed by atoms with Crippen molar-refractivity contribution in [2.45, 2.75) is 17.5 Å². The van der Waals surface area contributed by atoms with E-state index in [1.165, 1.54) is 23.9 Å². The van der Waals surface area contributed by atoms with E-state index in [1.807, 2.05) is 16.7 Å². The Morgan fingerprint density at radius 1 is 1.29 bits per heavy atom. The summed E-state index contributed by atoms with van der Waals surface area (Å²) in [5.74, 6) is 0.958. The highest BCUT2D eigenvalue weighted by atomic mass is 35.5. The smallest absolute Gasteiger partial charge is 0.192 e. The van der Waals surface area contributed by atoms with Crippen molar-refractivity contribution in [1.82, 2.24) is 19.7 Å². The second kappa shape index (κ2) is 7.59. The Kier molecular flexibility index (Phi) is 5.27. The molecule has 0 bridgehead atoms. The molecule has 0 aliphatic rings. The molecular weight excluding hydrogens is 347 g/mol. The molecule has 0 N–H and O–H groups in total. The van der Waals surface area contributed by atoms with Crippen molar-refractivity contribution in [2.24, 2.45) is 0 Å². The lowest BCUT2D eigenvalue weighted by molar-refractivity contribution is 0.627. The Hall–Kier alpha value is -2.18. The van der Waals surface area contributed by atoms with Crippen LogP contribution in [0, 0.1) is 5.82 Å². The summed E-state index contributed by atoms with van der Waals surface area (Å²) < 4.78 is 15.1. The van der Waals surface area contributed by atoms with Gasteiger partial charge in [0.05, 0.1) is 0 Å². The Bertz CT molecular complexity index is 851. The third-order valence-corrected chi connectivity index (χ3v) is 4.69. The maximum absolute atomic E-state index is 13.1.